The number of rotatable bonds is 3. The molecule has 4 fully saturated rings. The fourth-order valence-electron chi connectivity index (χ4n) is 5.37. The van der Waals surface area contributed by atoms with E-state index in [0.29, 0.717) is 6.42 Å². The van der Waals surface area contributed by atoms with E-state index in [9.17, 15) is 19.2 Å². The fraction of sp³-hybridized carbons (Fsp3) is 0.474. The van der Waals surface area contributed by atoms with Gasteiger partial charge in [0, 0.05) is 24.3 Å². The van der Waals surface area contributed by atoms with Gasteiger partial charge in [-0.05, 0) is 37.3 Å². The highest BCUT2D eigenvalue weighted by Gasteiger charge is 2.68. The number of carbonyl (C=O) groups excluding carboxylic acids is 3. The van der Waals surface area contributed by atoms with Crippen molar-refractivity contribution in [3.05, 3.63) is 34.2 Å². The number of nitrogens with zero attached hydrogens (tertiary/aromatic N) is 2. The molecule has 0 radical (unpaired) electrons. The Bertz CT molecular complexity index is 1040. The number of imidazole rings is 1. The van der Waals surface area contributed by atoms with Crippen LogP contribution in [0.3, 0.4) is 0 Å². The van der Waals surface area contributed by atoms with Gasteiger partial charge in [-0.15, -0.1) is 0 Å². The summed E-state index contributed by atoms with van der Waals surface area (Å²) in [6, 6.07) is 5.12. The largest absolute Gasteiger partial charge is 0.329 e. The second kappa shape index (κ2) is 4.72. The molecule has 1 aromatic carbocycles. The average Bonchev–Trinajstić information content (AvgIpc) is 2.78. The summed E-state index contributed by atoms with van der Waals surface area (Å²) in [6.45, 7) is 0. The zero-order chi connectivity index (χ0) is 18.3. The van der Waals surface area contributed by atoms with Gasteiger partial charge in [0.1, 0.15) is 12.3 Å². The molecule has 26 heavy (non-hydrogen) atoms. The molecular weight excluding hydrogens is 334 g/mol. The Morgan fingerprint density at radius 3 is 2.58 bits per heavy atom. The van der Waals surface area contributed by atoms with Gasteiger partial charge in [0.2, 0.25) is 11.8 Å². The van der Waals surface area contributed by atoms with Crippen LogP contribution in [-0.2, 0) is 26.8 Å². The van der Waals surface area contributed by atoms with Crippen LogP contribution in [-0.4, -0.2) is 27.2 Å². The number of imide groups is 1. The molecular formula is C19H19N3O4. The Morgan fingerprint density at radius 2 is 1.92 bits per heavy atom. The minimum Gasteiger partial charge on any atom is -0.303 e. The van der Waals surface area contributed by atoms with Gasteiger partial charge in [0.05, 0.1) is 11.0 Å². The van der Waals surface area contributed by atoms with Crippen LogP contribution in [0.4, 0.5) is 0 Å². The van der Waals surface area contributed by atoms with Gasteiger partial charge in [-0.25, -0.2) is 4.79 Å². The molecule has 1 unspecified atom stereocenters. The van der Waals surface area contributed by atoms with E-state index in [1.807, 2.05) is 18.2 Å². The normalized spacial score (nSPS) is 32.7. The lowest BCUT2D eigenvalue weighted by Gasteiger charge is -2.68. The first-order chi connectivity index (χ1) is 12.4. The Balaban J connectivity index is 1.66. The summed E-state index contributed by atoms with van der Waals surface area (Å²) in [4.78, 5) is 47.9. The Labute approximate surface area is 149 Å². The Hall–Kier alpha value is -2.70. The molecule has 1 aromatic heterocycles. The van der Waals surface area contributed by atoms with Crippen molar-refractivity contribution in [2.45, 2.75) is 43.6 Å². The standard InChI is InChI=1S/C19H19N3O4/c1-21-15-11(19-7-18(8-19,9-19)10-23)3-2-4-12(15)22(17(21)26)13-5-6-14(24)20-16(13)25/h2-4,10,13H,5-9H2,1H3,(H,20,24,25). The SMILES string of the molecule is Cn1c(=O)n(C2CCC(=O)NC2=O)c2cccc(C34CC(C=O)(C3)C4)c21. The zero-order valence-corrected chi connectivity index (χ0v) is 14.4. The fourth-order valence-corrected chi connectivity index (χ4v) is 5.37. The number of amides is 2. The number of aryl methyl sites for hydroxylation is 1. The van der Waals surface area contributed by atoms with Crippen molar-refractivity contribution in [2.24, 2.45) is 12.5 Å². The summed E-state index contributed by atoms with van der Waals surface area (Å²) in [7, 11) is 1.72. The van der Waals surface area contributed by atoms with E-state index in [-0.39, 0.29) is 28.8 Å². The van der Waals surface area contributed by atoms with E-state index in [1.165, 1.54) is 4.57 Å². The maximum atomic E-state index is 12.9. The van der Waals surface area contributed by atoms with Crippen LogP contribution in [0.1, 0.15) is 43.7 Å². The minimum absolute atomic E-state index is 0.0262. The van der Waals surface area contributed by atoms with Crippen LogP contribution >= 0.6 is 0 Å². The maximum absolute atomic E-state index is 12.9. The highest BCUT2D eigenvalue weighted by molar-refractivity contribution is 6.00. The van der Waals surface area contributed by atoms with Gasteiger partial charge in [0.25, 0.3) is 0 Å². The van der Waals surface area contributed by atoms with Crippen molar-refractivity contribution in [3.63, 3.8) is 0 Å². The van der Waals surface area contributed by atoms with Crippen LogP contribution in [0, 0.1) is 5.41 Å². The van der Waals surface area contributed by atoms with E-state index >= 15 is 0 Å². The van der Waals surface area contributed by atoms with Crippen molar-refractivity contribution in [1.29, 1.82) is 0 Å². The number of fused-ring (bicyclic) bond motifs is 1. The van der Waals surface area contributed by atoms with Gasteiger partial charge in [-0.1, -0.05) is 12.1 Å². The summed E-state index contributed by atoms with van der Waals surface area (Å²) in [6.07, 6.45) is 4.13. The summed E-state index contributed by atoms with van der Waals surface area (Å²) in [5, 5.41) is 2.33. The van der Waals surface area contributed by atoms with Crippen molar-refractivity contribution in [1.82, 2.24) is 14.5 Å². The van der Waals surface area contributed by atoms with Gasteiger partial charge in [-0.3, -0.25) is 24.0 Å². The third kappa shape index (κ3) is 1.73. The number of piperidine rings is 1. The predicted molar refractivity (Wildman–Crippen MR) is 92.6 cm³/mol. The Morgan fingerprint density at radius 1 is 1.19 bits per heavy atom. The number of carbonyl (C=O) groups is 3. The number of aldehydes is 1. The van der Waals surface area contributed by atoms with Crippen molar-refractivity contribution >= 4 is 29.1 Å². The third-order valence-electron chi connectivity index (χ3n) is 6.52. The van der Waals surface area contributed by atoms with Gasteiger partial charge in [0.15, 0.2) is 0 Å². The summed E-state index contributed by atoms with van der Waals surface area (Å²) < 4.78 is 3.11. The lowest BCUT2D eigenvalue weighted by molar-refractivity contribution is -0.159. The number of hydrogen-bond acceptors (Lipinski definition) is 4. The Kier molecular flexibility index (Phi) is 2.82. The first kappa shape index (κ1) is 15.5. The minimum atomic E-state index is -0.673. The van der Waals surface area contributed by atoms with Gasteiger partial charge < -0.3 is 4.79 Å². The molecule has 2 bridgehead atoms. The maximum Gasteiger partial charge on any atom is 0.329 e. The zero-order valence-electron chi connectivity index (χ0n) is 14.4. The molecule has 0 spiro atoms. The van der Waals surface area contributed by atoms with Crippen LogP contribution < -0.4 is 11.0 Å². The van der Waals surface area contributed by atoms with Crippen LogP contribution in [0.25, 0.3) is 11.0 Å². The number of hydrogen-bond donors (Lipinski definition) is 1. The number of para-hydroxylation sites is 1. The smallest absolute Gasteiger partial charge is 0.303 e. The summed E-state index contributed by atoms with van der Waals surface area (Å²) in [5.41, 5.74) is 2.20. The van der Waals surface area contributed by atoms with E-state index in [0.717, 1.165) is 42.1 Å². The van der Waals surface area contributed by atoms with E-state index in [2.05, 4.69) is 5.32 Å². The van der Waals surface area contributed by atoms with Crippen molar-refractivity contribution in [3.8, 4) is 0 Å². The molecule has 7 nitrogen and oxygen atoms in total. The molecule has 3 saturated carbocycles. The molecule has 3 aliphatic carbocycles. The third-order valence-corrected chi connectivity index (χ3v) is 6.52. The molecule has 2 amide bonds. The van der Waals surface area contributed by atoms with Gasteiger partial charge in [-0.2, -0.15) is 0 Å². The molecule has 1 aliphatic heterocycles. The molecule has 134 valence electrons. The van der Waals surface area contributed by atoms with Crippen LogP contribution in [0.5, 0.6) is 0 Å². The monoisotopic (exact) mass is 353 g/mol. The lowest BCUT2D eigenvalue weighted by atomic mass is 9.34. The quantitative estimate of drug-likeness (QED) is 0.657. The van der Waals surface area contributed by atoms with Crippen LogP contribution in [0.15, 0.2) is 23.0 Å². The molecule has 2 heterocycles. The summed E-state index contributed by atoms with van der Waals surface area (Å²) >= 11 is 0. The predicted octanol–water partition coefficient (Wildman–Crippen LogP) is 0.938. The highest BCUT2D eigenvalue weighted by Crippen LogP contribution is 2.73. The lowest BCUT2D eigenvalue weighted by Crippen LogP contribution is -2.65. The first-order valence-electron chi connectivity index (χ1n) is 8.90. The molecule has 1 N–H and O–H groups in total. The summed E-state index contributed by atoms with van der Waals surface area (Å²) in [5.74, 6) is -0.722. The van der Waals surface area contributed by atoms with E-state index < -0.39 is 11.9 Å². The second-order valence-electron chi connectivity index (χ2n) is 8.14. The molecule has 1 saturated heterocycles. The number of benzene rings is 1. The topological polar surface area (TPSA) is 90.2 Å². The number of aromatic nitrogens is 2. The van der Waals surface area contributed by atoms with Gasteiger partial charge >= 0.3 is 5.69 Å². The van der Waals surface area contributed by atoms with E-state index in [4.69, 9.17) is 0 Å². The molecule has 6 rings (SSSR count). The van der Waals surface area contributed by atoms with E-state index in [1.54, 1.807) is 11.6 Å². The molecule has 4 aliphatic rings. The van der Waals surface area contributed by atoms with Crippen LogP contribution in [0.2, 0.25) is 0 Å². The van der Waals surface area contributed by atoms with Crippen molar-refractivity contribution < 1.29 is 14.4 Å². The first-order valence-corrected chi connectivity index (χ1v) is 8.90. The number of nitrogens with one attached hydrogen (secondary N) is 1. The van der Waals surface area contributed by atoms with Crippen molar-refractivity contribution in [2.75, 3.05) is 0 Å². The average molecular weight is 353 g/mol. The second-order valence-corrected chi connectivity index (χ2v) is 8.14. The molecule has 1 atom stereocenters. The highest BCUT2D eigenvalue weighted by atomic mass is 16.2. The molecule has 7 heteroatoms. The molecule has 2 aromatic rings.